The first-order valence-corrected chi connectivity index (χ1v) is 12.3. The molecule has 0 aliphatic carbocycles. The van der Waals surface area contributed by atoms with E-state index >= 15 is 0 Å². The molecule has 0 amide bonds. The molecule has 3 aliphatic heterocycles. The number of halogens is 2. The highest BCUT2D eigenvalue weighted by atomic mass is 35.5. The van der Waals surface area contributed by atoms with E-state index in [-0.39, 0.29) is 24.5 Å². The Morgan fingerprint density at radius 1 is 1.14 bits per heavy atom. The molecular formula is C24H27Cl2N6O4+. The molecule has 190 valence electrons. The highest BCUT2D eigenvalue weighted by Gasteiger charge is 2.75. The van der Waals surface area contributed by atoms with Gasteiger partial charge in [0.25, 0.3) is 5.79 Å². The molecular weight excluding hydrogens is 507 g/mol. The first-order valence-electron chi connectivity index (χ1n) is 11.5. The number of aliphatic imine (C=N–C) groups is 1. The van der Waals surface area contributed by atoms with Crippen molar-refractivity contribution in [2.75, 3.05) is 6.54 Å². The Morgan fingerprint density at radius 3 is 2.22 bits per heavy atom. The molecule has 12 heteroatoms. The van der Waals surface area contributed by atoms with Crippen LogP contribution in [0.5, 0.6) is 0 Å². The molecule has 2 aromatic rings. The van der Waals surface area contributed by atoms with Crippen LogP contribution in [0.2, 0.25) is 10.0 Å². The third-order valence-corrected chi connectivity index (χ3v) is 7.66. The van der Waals surface area contributed by atoms with Gasteiger partial charge < -0.3 is 26.0 Å². The zero-order chi connectivity index (χ0) is 25.8. The van der Waals surface area contributed by atoms with Gasteiger partial charge in [0.2, 0.25) is 5.66 Å². The summed E-state index contributed by atoms with van der Waals surface area (Å²) in [6, 6.07) is 12.5. The molecule has 0 bridgehead atoms. The zero-order valence-electron chi connectivity index (χ0n) is 19.4. The quantitative estimate of drug-likeness (QED) is 0.183. The predicted molar refractivity (Wildman–Crippen MR) is 135 cm³/mol. The van der Waals surface area contributed by atoms with Crippen molar-refractivity contribution in [1.29, 1.82) is 0 Å². The first-order chi connectivity index (χ1) is 17.1. The normalized spacial score (nSPS) is 28.2. The molecule has 0 radical (unpaired) electrons. The fourth-order valence-corrected chi connectivity index (χ4v) is 5.66. The van der Waals surface area contributed by atoms with E-state index in [4.69, 9.17) is 39.4 Å². The van der Waals surface area contributed by atoms with Gasteiger partial charge in [0.1, 0.15) is 24.5 Å². The minimum Gasteiger partial charge on any atom is -0.452 e. The van der Waals surface area contributed by atoms with Crippen LogP contribution in [-0.2, 0) is 9.53 Å². The van der Waals surface area contributed by atoms with Crippen LogP contribution in [-0.4, -0.2) is 68.9 Å². The Bertz CT molecular complexity index is 1200. The number of guanidine groups is 2. The molecule has 1 spiro atoms. The molecule has 0 saturated carbocycles. The molecule has 36 heavy (non-hydrogen) atoms. The van der Waals surface area contributed by atoms with E-state index in [1.807, 2.05) is 6.92 Å². The van der Waals surface area contributed by atoms with Crippen molar-refractivity contribution in [3.05, 3.63) is 69.7 Å². The molecule has 5 rings (SSSR count). The van der Waals surface area contributed by atoms with Crippen molar-refractivity contribution >= 4 is 41.1 Å². The van der Waals surface area contributed by atoms with Gasteiger partial charge >= 0.3 is 11.9 Å². The highest BCUT2D eigenvalue weighted by molar-refractivity contribution is 6.30. The average Bonchev–Trinajstić information content (AvgIpc) is 3.30. The van der Waals surface area contributed by atoms with Crippen LogP contribution in [0, 0.1) is 0 Å². The van der Waals surface area contributed by atoms with E-state index in [1.54, 1.807) is 48.5 Å². The summed E-state index contributed by atoms with van der Waals surface area (Å²) in [6.07, 6.45) is -0.783. The standard InChI is InChI=1S/C24H26Cl2N6O4/c1-2-16-19-23(31-21(27)30-19)24(34,35)17(11-32(23)22(28)29-16)36-20(33)18(12-3-7-14(25)8-4-12)13-5-9-15(26)10-6-13/h3-10,16-19,34-35H,2,11H2,1H3,(H5,27,28,29,30,31)/p+1/t16-,17-,19-,23-/m0/s1. The third-order valence-electron chi connectivity index (χ3n) is 7.15. The Labute approximate surface area is 217 Å². The lowest BCUT2D eigenvalue weighted by molar-refractivity contribution is -0.623. The number of hydrogen-bond donors (Lipinski definition) is 6. The lowest BCUT2D eigenvalue weighted by Gasteiger charge is -2.43. The molecule has 1 fully saturated rings. The number of nitrogens with zero attached hydrogens (tertiary/aromatic N) is 2. The van der Waals surface area contributed by atoms with E-state index in [2.05, 4.69) is 15.6 Å². The van der Waals surface area contributed by atoms with Crippen molar-refractivity contribution in [1.82, 2.24) is 10.6 Å². The number of nitrogens with one attached hydrogen (secondary N) is 2. The van der Waals surface area contributed by atoms with Crippen LogP contribution in [0.4, 0.5) is 0 Å². The molecule has 1 saturated heterocycles. The number of aliphatic hydroxyl groups is 2. The maximum absolute atomic E-state index is 13.7. The number of hydrogen-bond acceptors (Lipinski definition) is 9. The van der Waals surface area contributed by atoms with E-state index < -0.39 is 35.5 Å². The van der Waals surface area contributed by atoms with Gasteiger partial charge in [-0.2, -0.15) is 0 Å². The SMILES string of the molecule is CC[C@@H]1NC(N)=[N+]2C[C@H](OC(=O)C(c3ccc(Cl)cc3)c3ccc(Cl)cc3)C(O)(O)[C@@]23NC(N)=N[C@@H]13. The fraction of sp³-hybridized carbons (Fsp3) is 0.375. The Morgan fingerprint density at radius 2 is 1.69 bits per heavy atom. The van der Waals surface area contributed by atoms with Gasteiger partial charge in [-0.15, -0.1) is 0 Å². The topological polar surface area (TPSA) is 158 Å². The summed E-state index contributed by atoms with van der Waals surface area (Å²) in [4.78, 5) is 18.1. The van der Waals surface area contributed by atoms with E-state index in [0.717, 1.165) is 0 Å². The second kappa shape index (κ2) is 8.81. The van der Waals surface area contributed by atoms with E-state index in [9.17, 15) is 15.0 Å². The van der Waals surface area contributed by atoms with Gasteiger partial charge in [0.15, 0.2) is 12.1 Å². The number of nitrogens with two attached hydrogens (primary N) is 2. The molecule has 3 heterocycles. The lowest BCUT2D eigenvalue weighted by atomic mass is 9.85. The molecule has 4 atom stereocenters. The zero-order valence-corrected chi connectivity index (χ0v) is 20.9. The monoisotopic (exact) mass is 533 g/mol. The summed E-state index contributed by atoms with van der Waals surface area (Å²) in [5, 5.41) is 30.1. The van der Waals surface area contributed by atoms with Crippen molar-refractivity contribution in [2.24, 2.45) is 16.5 Å². The van der Waals surface area contributed by atoms with Crippen LogP contribution in [0.25, 0.3) is 0 Å². The second-order valence-corrected chi connectivity index (χ2v) is 10.1. The third kappa shape index (κ3) is 3.67. The molecule has 0 aromatic heterocycles. The van der Waals surface area contributed by atoms with Crippen molar-refractivity contribution in [2.45, 2.75) is 48.9 Å². The molecule has 0 unspecified atom stereocenters. The Hall–Kier alpha value is -3.05. The van der Waals surface area contributed by atoms with Crippen LogP contribution in [0.3, 0.4) is 0 Å². The number of rotatable bonds is 5. The first kappa shape index (κ1) is 24.6. The number of benzene rings is 2. The van der Waals surface area contributed by atoms with Crippen LogP contribution in [0.1, 0.15) is 30.4 Å². The summed E-state index contributed by atoms with van der Waals surface area (Å²) in [5.41, 5.74) is 11.9. The summed E-state index contributed by atoms with van der Waals surface area (Å²) in [6.45, 7) is 1.82. The number of ether oxygens (including phenoxy) is 1. The molecule has 8 N–H and O–H groups in total. The maximum atomic E-state index is 13.7. The van der Waals surface area contributed by atoms with Crippen molar-refractivity contribution in [3.63, 3.8) is 0 Å². The smallest absolute Gasteiger partial charge is 0.346 e. The molecule has 2 aromatic carbocycles. The number of esters is 1. The number of carbonyl (C=O) groups excluding carboxylic acids is 1. The van der Waals surface area contributed by atoms with Gasteiger partial charge in [-0.05, 0) is 41.8 Å². The minimum absolute atomic E-state index is 0.0413. The fourth-order valence-electron chi connectivity index (χ4n) is 5.41. The second-order valence-electron chi connectivity index (χ2n) is 9.19. The average molecular weight is 534 g/mol. The van der Waals surface area contributed by atoms with Gasteiger partial charge in [-0.3, -0.25) is 15.8 Å². The summed E-state index contributed by atoms with van der Waals surface area (Å²) >= 11 is 12.1. The summed E-state index contributed by atoms with van der Waals surface area (Å²) in [5.74, 6) is -3.90. The van der Waals surface area contributed by atoms with Gasteiger partial charge in [-0.1, -0.05) is 54.4 Å². The summed E-state index contributed by atoms with van der Waals surface area (Å²) in [7, 11) is 0. The van der Waals surface area contributed by atoms with Gasteiger partial charge in [0.05, 0.1) is 0 Å². The predicted octanol–water partition coefficient (Wildman–Crippen LogP) is 0.423. The lowest BCUT2D eigenvalue weighted by Crippen LogP contribution is -2.78. The van der Waals surface area contributed by atoms with Gasteiger partial charge in [-0.25, -0.2) is 9.57 Å². The van der Waals surface area contributed by atoms with E-state index in [0.29, 0.717) is 27.6 Å². The number of carbonyl (C=O) groups is 1. The van der Waals surface area contributed by atoms with Crippen molar-refractivity contribution in [3.8, 4) is 0 Å². The Balaban J connectivity index is 1.51. The molecule has 3 aliphatic rings. The van der Waals surface area contributed by atoms with Crippen LogP contribution >= 0.6 is 23.2 Å². The van der Waals surface area contributed by atoms with Crippen LogP contribution in [0.15, 0.2) is 53.5 Å². The highest BCUT2D eigenvalue weighted by Crippen LogP contribution is 2.43. The summed E-state index contributed by atoms with van der Waals surface area (Å²) < 4.78 is 7.35. The largest absolute Gasteiger partial charge is 0.452 e. The maximum Gasteiger partial charge on any atom is 0.346 e. The minimum atomic E-state index is -2.58. The van der Waals surface area contributed by atoms with Gasteiger partial charge in [0, 0.05) is 10.0 Å². The van der Waals surface area contributed by atoms with Crippen LogP contribution < -0.4 is 22.1 Å². The Kier molecular flexibility index (Phi) is 6.03. The van der Waals surface area contributed by atoms with Crippen molar-refractivity contribution < 1.29 is 24.3 Å². The molecule has 10 nitrogen and oxygen atoms in total. The van der Waals surface area contributed by atoms with E-state index in [1.165, 1.54) is 4.58 Å².